The Hall–Kier alpha value is -1.09. The van der Waals surface area contributed by atoms with E-state index in [9.17, 15) is 4.79 Å². The maximum absolute atomic E-state index is 11.8. The van der Waals surface area contributed by atoms with Gasteiger partial charge in [0.1, 0.15) is 0 Å². The Morgan fingerprint density at radius 2 is 2.41 bits per heavy atom. The van der Waals surface area contributed by atoms with Crippen LogP contribution in [0.15, 0.2) is 21.8 Å². The molecule has 0 spiro atoms. The second kappa shape index (κ2) is 7.45. The molecule has 1 N–H and O–H groups in total. The number of hydrogen-bond acceptors (Lipinski definition) is 7. The summed E-state index contributed by atoms with van der Waals surface area (Å²) in [6.45, 7) is 1.34. The van der Waals surface area contributed by atoms with E-state index in [0.29, 0.717) is 22.0 Å². The summed E-state index contributed by atoms with van der Waals surface area (Å²) in [7, 11) is 0. The van der Waals surface area contributed by atoms with E-state index in [-0.39, 0.29) is 17.8 Å². The minimum Gasteiger partial charge on any atom is -0.410 e. The predicted octanol–water partition coefficient (Wildman–Crippen LogP) is 2.84. The van der Waals surface area contributed by atoms with E-state index in [1.54, 1.807) is 6.07 Å². The highest BCUT2D eigenvalue weighted by Gasteiger charge is 2.17. The summed E-state index contributed by atoms with van der Waals surface area (Å²) in [5.41, 5.74) is 0. The number of rotatable bonds is 6. The van der Waals surface area contributed by atoms with Crippen molar-refractivity contribution >= 4 is 40.6 Å². The number of aromatic nitrogens is 2. The van der Waals surface area contributed by atoms with Crippen LogP contribution in [-0.4, -0.2) is 41.1 Å². The maximum atomic E-state index is 11.8. The van der Waals surface area contributed by atoms with Gasteiger partial charge in [-0.15, -0.1) is 21.5 Å². The number of nitrogens with one attached hydrogen (secondary N) is 1. The molecule has 2 aromatic heterocycles. The van der Waals surface area contributed by atoms with Crippen LogP contribution in [0.4, 0.5) is 0 Å². The first-order valence-corrected chi connectivity index (χ1v) is 8.99. The minimum atomic E-state index is -0.0700. The van der Waals surface area contributed by atoms with Gasteiger partial charge in [-0.25, -0.2) is 0 Å². The van der Waals surface area contributed by atoms with Crippen LogP contribution in [0.25, 0.3) is 10.8 Å². The highest BCUT2D eigenvalue weighted by Crippen LogP contribution is 2.31. The van der Waals surface area contributed by atoms with Gasteiger partial charge in [-0.2, -0.15) is 0 Å². The van der Waals surface area contributed by atoms with Gasteiger partial charge in [0.25, 0.3) is 11.1 Å². The molecule has 1 amide bonds. The van der Waals surface area contributed by atoms with Crippen molar-refractivity contribution in [1.82, 2.24) is 15.5 Å². The maximum Gasteiger partial charge on any atom is 0.277 e. The van der Waals surface area contributed by atoms with Crippen LogP contribution >= 0.6 is 34.7 Å². The van der Waals surface area contributed by atoms with Crippen molar-refractivity contribution in [3.05, 3.63) is 16.5 Å². The summed E-state index contributed by atoms with van der Waals surface area (Å²) in [6.07, 6.45) is 2.21. The second-order valence-electron chi connectivity index (χ2n) is 4.70. The first-order valence-electron chi connectivity index (χ1n) is 6.81. The van der Waals surface area contributed by atoms with Gasteiger partial charge in [0, 0.05) is 13.2 Å². The van der Waals surface area contributed by atoms with E-state index in [4.69, 9.17) is 20.8 Å². The monoisotopic (exact) mass is 359 g/mol. The summed E-state index contributed by atoms with van der Waals surface area (Å²) < 4.78 is 11.6. The Bertz CT molecular complexity index is 640. The molecule has 2 aromatic rings. The molecule has 6 nitrogen and oxygen atoms in total. The van der Waals surface area contributed by atoms with Gasteiger partial charge in [0.2, 0.25) is 5.91 Å². The molecule has 22 heavy (non-hydrogen) atoms. The van der Waals surface area contributed by atoms with Crippen molar-refractivity contribution in [3.8, 4) is 10.8 Å². The van der Waals surface area contributed by atoms with E-state index in [0.717, 1.165) is 24.3 Å². The molecule has 3 heterocycles. The number of nitrogens with zero attached hydrogens (tertiary/aromatic N) is 2. The molecule has 1 fully saturated rings. The summed E-state index contributed by atoms with van der Waals surface area (Å²) in [4.78, 5) is 12.6. The Labute approximate surface area is 140 Å². The number of ether oxygens (including phenoxy) is 1. The normalized spacial score (nSPS) is 17.8. The Balaban J connectivity index is 1.45. The van der Waals surface area contributed by atoms with Crippen molar-refractivity contribution < 1.29 is 13.9 Å². The quantitative estimate of drug-likeness (QED) is 0.799. The topological polar surface area (TPSA) is 77.2 Å². The van der Waals surface area contributed by atoms with Crippen molar-refractivity contribution in [3.63, 3.8) is 0 Å². The lowest BCUT2D eigenvalue weighted by Crippen LogP contribution is -2.32. The Morgan fingerprint density at radius 1 is 1.50 bits per heavy atom. The van der Waals surface area contributed by atoms with E-state index < -0.39 is 0 Å². The summed E-state index contributed by atoms with van der Waals surface area (Å²) >= 11 is 8.45. The second-order valence-corrected chi connectivity index (χ2v) is 7.35. The number of thioether (sulfide) groups is 1. The molecule has 1 saturated heterocycles. The number of hydrogen-bond donors (Lipinski definition) is 1. The van der Waals surface area contributed by atoms with Gasteiger partial charge in [-0.1, -0.05) is 23.4 Å². The fraction of sp³-hybridized carbons (Fsp3) is 0.462. The third-order valence-corrected chi connectivity index (χ3v) is 5.11. The lowest BCUT2D eigenvalue weighted by atomic mass is 10.2. The average Bonchev–Trinajstić information content (AvgIpc) is 3.24. The summed E-state index contributed by atoms with van der Waals surface area (Å²) in [5, 5.41) is 11.1. The Morgan fingerprint density at radius 3 is 3.14 bits per heavy atom. The zero-order valence-corrected chi connectivity index (χ0v) is 14.0. The lowest BCUT2D eigenvalue weighted by Gasteiger charge is -2.09. The fourth-order valence-electron chi connectivity index (χ4n) is 2.01. The van der Waals surface area contributed by atoms with Crippen LogP contribution in [0, 0.1) is 0 Å². The van der Waals surface area contributed by atoms with Gasteiger partial charge in [0.05, 0.1) is 21.1 Å². The van der Waals surface area contributed by atoms with E-state index >= 15 is 0 Å². The lowest BCUT2D eigenvalue weighted by molar-refractivity contribution is -0.119. The number of halogens is 1. The molecule has 0 bridgehead atoms. The minimum absolute atomic E-state index is 0.0700. The highest BCUT2D eigenvalue weighted by atomic mass is 35.5. The SMILES string of the molecule is O=C(CSc1nnc(-c2ccc(Cl)s2)o1)NCC1CCCO1. The zero-order valence-electron chi connectivity index (χ0n) is 11.6. The molecule has 1 atom stereocenters. The first-order chi connectivity index (χ1) is 10.7. The highest BCUT2D eigenvalue weighted by molar-refractivity contribution is 7.99. The van der Waals surface area contributed by atoms with Crippen LogP contribution in [0.1, 0.15) is 12.8 Å². The number of thiophene rings is 1. The smallest absolute Gasteiger partial charge is 0.277 e. The molecule has 1 aliphatic rings. The third kappa shape index (κ3) is 4.22. The van der Waals surface area contributed by atoms with Crippen molar-refractivity contribution in [2.75, 3.05) is 18.9 Å². The molecular weight excluding hydrogens is 346 g/mol. The molecule has 1 unspecified atom stereocenters. The summed E-state index contributed by atoms with van der Waals surface area (Å²) in [6, 6.07) is 3.60. The largest absolute Gasteiger partial charge is 0.410 e. The fourth-order valence-corrected chi connectivity index (χ4v) is 3.57. The molecule has 9 heteroatoms. The molecule has 0 aliphatic carbocycles. The van der Waals surface area contributed by atoms with Crippen LogP contribution in [0.5, 0.6) is 0 Å². The average molecular weight is 360 g/mol. The molecule has 1 aliphatic heterocycles. The first kappa shape index (κ1) is 15.8. The van der Waals surface area contributed by atoms with Gasteiger partial charge in [-0.05, 0) is 25.0 Å². The van der Waals surface area contributed by atoms with Crippen molar-refractivity contribution in [2.24, 2.45) is 0 Å². The Kier molecular flexibility index (Phi) is 5.35. The van der Waals surface area contributed by atoms with E-state index in [1.807, 2.05) is 6.07 Å². The predicted molar refractivity (Wildman–Crippen MR) is 85.3 cm³/mol. The van der Waals surface area contributed by atoms with Gasteiger partial charge < -0.3 is 14.5 Å². The molecule has 0 saturated carbocycles. The van der Waals surface area contributed by atoms with E-state index in [1.165, 1.54) is 23.1 Å². The van der Waals surface area contributed by atoms with Gasteiger partial charge in [-0.3, -0.25) is 4.79 Å². The van der Waals surface area contributed by atoms with Gasteiger partial charge in [0.15, 0.2) is 0 Å². The van der Waals surface area contributed by atoms with Crippen molar-refractivity contribution in [1.29, 1.82) is 0 Å². The number of amides is 1. The van der Waals surface area contributed by atoms with Crippen LogP contribution in [-0.2, 0) is 9.53 Å². The molecule has 3 rings (SSSR count). The summed E-state index contributed by atoms with van der Waals surface area (Å²) in [5.74, 6) is 0.582. The number of carbonyl (C=O) groups is 1. The van der Waals surface area contributed by atoms with Crippen LogP contribution in [0.2, 0.25) is 4.34 Å². The molecule has 0 aromatic carbocycles. The number of carbonyl (C=O) groups excluding carboxylic acids is 1. The zero-order chi connectivity index (χ0) is 15.4. The van der Waals surface area contributed by atoms with Gasteiger partial charge >= 0.3 is 0 Å². The van der Waals surface area contributed by atoms with Crippen LogP contribution in [0.3, 0.4) is 0 Å². The van der Waals surface area contributed by atoms with Crippen LogP contribution < -0.4 is 5.32 Å². The standard InChI is InChI=1S/C13H14ClN3O3S2/c14-10-4-3-9(22-10)12-16-17-13(20-12)21-7-11(18)15-6-8-2-1-5-19-8/h3-4,8H,1-2,5-7H2,(H,15,18). The third-order valence-electron chi connectivity index (χ3n) is 3.07. The molecule has 0 radical (unpaired) electrons. The molecular formula is C13H14ClN3O3S2. The van der Waals surface area contributed by atoms with Crippen molar-refractivity contribution in [2.45, 2.75) is 24.2 Å². The molecule has 118 valence electrons. The van der Waals surface area contributed by atoms with E-state index in [2.05, 4.69) is 15.5 Å².